The molecule has 0 amide bonds. The van der Waals surface area contributed by atoms with Gasteiger partial charge in [-0.1, -0.05) is 44.2 Å². The van der Waals surface area contributed by atoms with E-state index in [0.29, 0.717) is 30.4 Å². The summed E-state index contributed by atoms with van der Waals surface area (Å²) in [6.45, 7) is 6.43. The summed E-state index contributed by atoms with van der Waals surface area (Å²) in [5.74, 6) is -2.71. The SMILES string of the molecule is CC(=O)C(C)(C)CN1CCCOCC(F)(F)c2ccccc2-c2nc(cnc2-n2ccc(OCC(C)(C)C(F)(F)F)n2)NSc2cccc1n2. The fourth-order valence-electron chi connectivity index (χ4n) is 4.87. The molecule has 4 heterocycles. The number of anilines is 2. The van der Waals surface area contributed by atoms with Gasteiger partial charge in [-0.25, -0.2) is 19.6 Å². The first-order chi connectivity index (χ1) is 23.5. The average molecular weight is 720 g/mol. The summed E-state index contributed by atoms with van der Waals surface area (Å²) in [5.41, 5.74) is -3.11. The van der Waals surface area contributed by atoms with Crippen molar-refractivity contribution < 1.29 is 36.2 Å². The van der Waals surface area contributed by atoms with Crippen LogP contribution in [0.2, 0.25) is 0 Å². The molecule has 1 aliphatic rings. The molecule has 4 aromatic rings. The number of hydrogen-bond donors (Lipinski definition) is 1. The lowest BCUT2D eigenvalue weighted by Crippen LogP contribution is -2.39. The van der Waals surface area contributed by atoms with Gasteiger partial charge in [0.15, 0.2) is 11.6 Å². The Bertz CT molecular complexity index is 1820. The van der Waals surface area contributed by atoms with Crippen molar-refractivity contribution in [3.05, 3.63) is 66.5 Å². The molecule has 1 aliphatic heterocycles. The van der Waals surface area contributed by atoms with Gasteiger partial charge in [0.05, 0.1) is 11.6 Å². The van der Waals surface area contributed by atoms with E-state index in [4.69, 9.17) is 14.5 Å². The Hall–Kier alpha value is -4.31. The summed E-state index contributed by atoms with van der Waals surface area (Å²) in [5, 5.41) is 4.81. The van der Waals surface area contributed by atoms with Crippen LogP contribution in [0.4, 0.5) is 33.6 Å². The molecule has 10 nitrogen and oxygen atoms in total. The Morgan fingerprint density at radius 1 is 1.06 bits per heavy atom. The third kappa shape index (κ3) is 8.52. The quantitative estimate of drug-likeness (QED) is 0.151. The highest BCUT2D eigenvalue weighted by atomic mass is 32.2. The summed E-state index contributed by atoms with van der Waals surface area (Å²) in [6.07, 6.45) is -1.33. The molecule has 1 aromatic carbocycles. The number of fused-ring (bicyclic) bond motifs is 6. The molecule has 0 atom stereocenters. The maximum absolute atomic E-state index is 15.9. The van der Waals surface area contributed by atoms with E-state index in [1.807, 2.05) is 30.9 Å². The highest BCUT2D eigenvalue weighted by Crippen LogP contribution is 2.39. The van der Waals surface area contributed by atoms with Gasteiger partial charge >= 0.3 is 6.18 Å². The lowest BCUT2D eigenvalue weighted by molar-refractivity contribution is -0.219. The van der Waals surface area contributed by atoms with Crippen LogP contribution in [-0.4, -0.2) is 69.6 Å². The predicted octanol–water partition coefficient (Wildman–Crippen LogP) is 7.74. The summed E-state index contributed by atoms with van der Waals surface area (Å²) in [7, 11) is 0. The Kier molecular flexibility index (Phi) is 10.7. The zero-order chi connectivity index (χ0) is 36.3. The Labute approximate surface area is 290 Å². The van der Waals surface area contributed by atoms with Crippen molar-refractivity contribution in [2.75, 3.05) is 42.5 Å². The zero-order valence-electron chi connectivity index (χ0n) is 28.2. The second-order valence-electron chi connectivity index (χ2n) is 13.3. The average Bonchev–Trinajstić information content (AvgIpc) is 3.54. The molecule has 0 saturated heterocycles. The largest absolute Gasteiger partial charge is 0.476 e. The highest BCUT2D eigenvalue weighted by molar-refractivity contribution is 8.00. The molecular formula is C34H38F5N7O3S. The van der Waals surface area contributed by atoms with E-state index in [-0.39, 0.29) is 46.7 Å². The standard InChI is InChI=1S/C34H38F5N7O3S/c1-22(47)31(2,3)19-45-15-9-17-48-21-33(35,36)24-11-7-6-10-23(24)29-30(40-18-25(41-29)44-50-28-13-8-12-26(45)42-28)46-16-14-27(43-46)49-20-32(4,5)34(37,38)39/h6-8,10-14,16,18H,9,15,17,19-21H2,1-5H3,(H,41,44). The van der Waals surface area contributed by atoms with Crippen LogP contribution in [0.3, 0.4) is 0 Å². The third-order valence-electron chi connectivity index (χ3n) is 8.29. The van der Waals surface area contributed by atoms with Gasteiger partial charge in [0, 0.05) is 60.4 Å². The number of Topliss-reactive ketones (excluding diaryl/α,β-unsaturated/α-hetero) is 1. The molecule has 0 radical (unpaired) electrons. The minimum absolute atomic E-state index is 0.00438. The molecule has 16 heteroatoms. The van der Waals surface area contributed by atoms with Crippen molar-refractivity contribution in [2.45, 2.75) is 58.2 Å². The highest BCUT2D eigenvalue weighted by Gasteiger charge is 2.48. The van der Waals surface area contributed by atoms with E-state index < -0.39 is 36.1 Å². The zero-order valence-corrected chi connectivity index (χ0v) is 29.0. The van der Waals surface area contributed by atoms with Gasteiger partial charge in [0.1, 0.15) is 35.5 Å². The molecule has 0 unspecified atom stereocenters. The van der Waals surface area contributed by atoms with E-state index >= 15 is 8.78 Å². The van der Waals surface area contributed by atoms with Crippen molar-refractivity contribution in [1.29, 1.82) is 0 Å². The normalized spacial score (nSPS) is 15.8. The number of benzene rings is 1. The van der Waals surface area contributed by atoms with Gasteiger partial charge in [-0.2, -0.15) is 22.0 Å². The lowest BCUT2D eigenvalue weighted by atomic mass is 9.88. The maximum Gasteiger partial charge on any atom is 0.397 e. The van der Waals surface area contributed by atoms with E-state index in [1.54, 1.807) is 12.1 Å². The number of halogens is 5. The lowest BCUT2D eigenvalue weighted by Gasteiger charge is -2.32. The van der Waals surface area contributed by atoms with E-state index in [9.17, 15) is 18.0 Å². The minimum atomic E-state index is -4.51. The molecule has 1 N–H and O–H groups in total. The van der Waals surface area contributed by atoms with Crippen LogP contribution < -0.4 is 14.4 Å². The molecule has 0 spiro atoms. The molecule has 268 valence electrons. The van der Waals surface area contributed by atoms with Crippen LogP contribution in [0.5, 0.6) is 5.88 Å². The monoisotopic (exact) mass is 719 g/mol. The predicted molar refractivity (Wildman–Crippen MR) is 180 cm³/mol. The molecule has 0 aliphatic carbocycles. The first-order valence-electron chi connectivity index (χ1n) is 15.8. The Balaban J connectivity index is 1.53. The molecule has 0 fully saturated rings. The molecule has 3 aromatic heterocycles. The first-order valence-corrected chi connectivity index (χ1v) is 16.6. The van der Waals surface area contributed by atoms with Gasteiger partial charge < -0.3 is 19.1 Å². The first kappa shape index (κ1) is 37.0. The molecular weight excluding hydrogens is 681 g/mol. The second-order valence-corrected chi connectivity index (χ2v) is 14.1. The van der Waals surface area contributed by atoms with Crippen molar-refractivity contribution >= 4 is 29.4 Å². The Morgan fingerprint density at radius 2 is 1.82 bits per heavy atom. The van der Waals surface area contributed by atoms with Crippen LogP contribution in [-0.2, 0) is 15.5 Å². The van der Waals surface area contributed by atoms with Crippen LogP contribution in [0.15, 0.2) is 66.0 Å². The van der Waals surface area contributed by atoms with Gasteiger partial charge in [-0.15, -0.1) is 5.10 Å². The Morgan fingerprint density at radius 3 is 2.56 bits per heavy atom. The van der Waals surface area contributed by atoms with E-state index in [2.05, 4.69) is 19.8 Å². The van der Waals surface area contributed by atoms with Crippen molar-refractivity contribution in [2.24, 2.45) is 10.8 Å². The van der Waals surface area contributed by atoms with Crippen molar-refractivity contribution in [3.63, 3.8) is 0 Å². The van der Waals surface area contributed by atoms with Crippen LogP contribution in [0.1, 0.15) is 46.6 Å². The topological polar surface area (TPSA) is 107 Å². The summed E-state index contributed by atoms with van der Waals surface area (Å²) in [4.78, 5) is 28.2. The number of aromatic nitrogens is 5. The van der Waals surface area contributed by atoms with Crippen LogP contribution in [0, 0.1) is 10.8 Å². The number of carbonyl (C=O) groups excluding carboxylic acids is 1. The minimum Gasteiger partial charge on any atom is -0.476 e. The van der Waals surface area contributed by atoms with Crippen LogP contribution >= 0.6 is 11.9 Å². The van der Waals surface area contributed by atoms with Gasteiger partial charge in [0.2, 0.25) is 5.88 Å². The summed E-state index contributed by atoms with van der Waals surface area (Å²) < 4.78 is 87.3. The molecule has 5 rings (SSSR count). The number of nitrogens with one attached hydrogen (secondary N) is 1. The number of hydrogen-bond acceptors (Lipinski definition) is 10. The smallest absolute Gasteiger partial charge is 0.397 e. The number of rotatable bonds is 7. The number of pyridine rings is 1. The third-order valence-corrected chi connectivity index (χ3v) is 9.04. The van der Waals surface area contributed by atoms with Crippen molar-refractivity contribution in [3.8, 4) is 23.0 Å². The summed E-state index contributed by atoms with van der Waals surface area (Å²) >= 11 is 1.13. The van der Waals surface area contributed by atoms with Crippen LogP contribution in [0.25, 0.3) is 17.1 Å². The molecule has 50 heavy (non-hydrogen) atoms. The fraction of sp³-hybridized carbons (Fsp3) is 0.441. The van der Waals surface area contributed by atoms with E-state index in [1.165, 1.54) is 48.3 Å². The number of ether oxygens (including phenoxy) is 2. The summed E-state index contributed by atoms with van der Waals surface area (Å²) in [6, 6.07) is 12.6. The van der Waals surface area contributed by atoms with Gasteiger partial charge in [-0.05, 0) is 39.3 Å². The maximum atomic E-state index is 15.9. The van der Waals surface area contributed by atoms with E-state index in [0.717, 1.165) is 25.8 Å². The number of carbonyl (C=O) groups is 1. The van der Waals surface area contributed by atoms with Gasteiger partial charge in [0.25, 0.3) is 5.92 Å². The molecule has 4 bridgehead atoms. The number of ketones is 1. The second kappa shape index (κ2) is 14.5. The van der Waals surface area contributed by atoms with Gasteiger partial charge in [-0.3, -0.25) is 4.79 Å². The number of alkyl halides is 5. The van der Waals surface area contributed by atoms with Crippen molar-refractivity contribution in [1.82, 2.24) is 24.7 Å². The molecule has 0 saturated carbocycles. The number of nitrogens with zero attached hydrogens (tertiary/aromatic N) is 6. The fourth-order valence-corrected chi connectivity index (χ4v) is 5.46.